The van der Waals surface area contributed by atoms with Crippen molar-refractivity contribution in [3.63, 3.8) is 0 Å². The van der Waals surface area contributed by atoms with Crippen molar-refractivity contribution in [2.75, 3.05) is 20.1 Å². The molecule has 1 unspecified atom stereocenters. The molecule has 0 amide bonds. The van der Waals surface area contributed by atoms with Gasteiger partial charge in [0.2, 0.25) is 0 Å². The summed E-state index contributed by atoms with van der Waals surface area (Å²) in [7, 11) is 2.16. The van der Waals surface area contributed by atoms with E-state index in [9.17, 15) is 5.11 Å². The first-order valence-electron chi connectivity index (χ1n) is 5.23. The molecule has 0 bridgehead atoms. The van der Waals surface area contributed by atoms with Crippen molar-refractivity contribution in [3.05, 3.63) is 29.8 Å². The van der Waals surface area contributed by atoms with Gasteiger partial charge in [-0.1, -0.05) is 12.1 Å². The number of hydrogen-bond acceptors (Lipinski definition) is 2. The van der Waals surface area contributed by atoms with E-state index in [1.54, 1.807) is 6.07 Å². The van der Waals surface area contributed by atoms with Gasteiger partial charge in [0.1, 0.15) is 5.75 Å². The SMILES string of the molecule is CN1CCCC(c2cccc(O)c2)C1. The van der Waals surface area contributed by atoms with E-state index in [4.69, 9.17) is 0 Å². The van der Waals surface area contributed by atoms with Gasteiger partial charge < -0.3 is 10.0 Å². The maximum Gasteiger partial charge on any atom is 0.115 e. The fourth-order valence-electron chi connectivity index (χ4n) is 2.22. The van der Waals surface area contributed by atoms with Crippen LogP contribution in [0.5, 0.6) is 5.75 Å². The number of benzene rings is 1. The molecule has 1 fully saturated rings. The molecule has 0 spiro atoms. The Kier molecular flexibility index (Phi) is 2.73. The molecule has 1 saturated heterocycles. The van der Waals surface area contributed by atoms with E-state index in [-0.39, 0.29) is 0 Å². The van der Waals surface area contributed by atoms with E-state index >= 15 is 0 Å². The van der Waals surface area contributed by atoms with E-state index in [0.29, 0.717) is 11.7 Å². The Morgan fingerprint density at radius 2 is 2.29 bits per heavy atom. The number of likely N-dealkylation sites (N-methyl/N-ethyl adjacent to an activating group) is 1. The van der Waals surface area contributed by atoms with Crippen LogP contribution in [0.1, 0.15) is 24.3 Å². The van der Waals surface area contributed by atoms with Crippen LogP contribution in [0.3, 0.4) is 0 Å². The first-order valence-corrected chi connectivity index (χ1v) is 5.23. The lowest BCUT2D eigenvalue weighted by molar-refractivity contribution is 0.250. The monoisotopic (exact) mass is 191 g/mol. The summed E-state index contributed by atoms with van der Waals surface area (Å²) in [6.45, 7) is 2.32. The molecular formula is C12H17NO. The normalized spacial score (nSPS) is 23.6. The van der Waals surface area contributed by atoms with Gasteiger partial charge in [0.25, 0.3) is 0 Å². The Morgan fingerprint density at radius 1 is 1.43 bits per heavy atom. The third-order valence-corrected chi connectivity index (χ3v) is 2.97. The lowest BCUT2D eigenvalue weighted by Gasteiger charge is -2.29. The predicted molar refractivity (Wildman–Crippen MR) is 57.6 cm³/mol. The second kappa shape index (κ2) is 4.01. The number of aromatic hydroxyl groups is 1. The summed E-state index contributed by atoms with van der Waals surface area (Å²) in [4.78, 5) is 2.36. The maximum atomic E-state index is 9.40. The summed E-state index contributed by atoms with van der Waals surface area (Å²) >= 11 is 0. The molecule has 0 saturated carbocycles. The lowest BCUT2D eigenvalue weighted by atomic mass is 9.91. The largest absolute Gasteiger partial charge is 0.508 e. The first-order chi connectivity index (χ1) is 6.75. The number of hydrogen-bond donors (Lipinski definition) is 1. The fourth-order valence-corrected chi connectivity index (χ4v) is 2.22. The summed E-state index contributed by atoms with van der Waals surface area (Å²) in [5.41, 5.74) is 1.27. The molecule has 0 aromatic heterocycles. The Bertz CT molecular complexity index is 311. The number of nitrogens with zero attached hydrogens (tertiary/aromatic N) is 1. The van der Waals surface area contributed by atoms with Crippen LogP contribution >= 0.6 is 0 Å². The van der Waals surface area contributed by atoms with Crippen molar-refractivity contribution in [1.82, 2.24) is 4.90 Å². The van der Waals surface area contributed by atoms with Crippen molar-refractivity contribution in [3.8, 4) is 5.75 Å². The number of phenolic OH excluding ortho intramolecular Hbond substituents is 1. The predicted octanol–water partition coefficient (Wildman–Crippen LogP) is 2.20. The first kappa shape index (κ1) is 9.53. The maximum absolute atomic E-state index is 9.40. The number of phenols is 1. The Balaban J connectivity index is 2.14. The van der Waals surface area contributed by atoms with Crippen molar-refractivity contribution < 1.29 is 5.11 Å². The molecule has 1 heterocycles. The summed E-state index contributed by atoms with van der Waals surface area (Å²) in [6.07, 6.45) is 2.50. The quantitative estimate of drug-likeness (QED) is 0.735. The van der Waals surface area contributed by atoms with Gasteiger partial charge >= 0.3 is 0 Å². The van der Waals surface area contributed by atoms with E-state index in [2.05, 4.69) is 18.0 Å². The second-order valence-electron chi connectivity index (χ2n) is 4.20. The molecule has 14 heavy (non-hydrogen) atoms. The van der Waals surface area contributed by atoms with Gasteiger partial charge in [0.15, 0.2) is 0 Å². The number of rotatable bonds is 1. The molecule has 1 aromatic rings. The highest BCUT2D eigenvalue weighted by atomic mass is 16.3. The summed E-state index contributed by atoms with van der Waals surface area (Å²) < 4.78 is 0. The van der Waals surface area contributed by atoms with Crippen molar-refractivity contribution in [1.29, 1.82) is 0 Å². The number of likely N-dealkylation sites (tertiary alicyclic amines) is 1. The number of piperidine rings is 1. The van der Waals surface area contributed by atoms with Crippen LogP contribution in [0.2, 0.25) is 0 Å². The van der Waals surface area contributed by atoms with Crippen LogP contribution in [-0.4, -0.2) is 30.1 Å². The minimum absolute atomic E-state index is 0.385. The highest BCUT2D eigenvalue weighted by Crippen LogP contribution is 2.27. The summed E-state index contributed by atoms with van der Waals surface area (Å²) in [6, 6.07) is 7.67. The van der Waals surface area contributed by atoms with Gasteiger partial charge in [-0.25, -0.2) is 0 Å². The van der Waals surface area contributed by atoms with Gasteiger partial charge in [0, 0.05) is 6.54 Å². The topological polar surface area (TPSA) is 23.5 Å². The zero-order valence-corrected chi connectivity index (χ0v) is 8.61. The zero-order valence-electron chi connectivity index (χ0n) is 8.61. The highest BCUT2D eigenvalue weighted by Gasteiger charge is 2.18. The van der Waals surface area contributed by atoms with Crippen LogP contribution in [0.4, 0.5) is 0 Å². The van der Waals surface area contributed by atoms with Gasteiger partial charge in [-0.15, -0.1) is 0 Å². The molecule has 2 nitrogen and oxygen atoms in total. The van der Waals surface area contributed by atoms with Crippen molar-refractivity contribution >= 4 is 0 Å². The molecule has 0 aliphatic carbocycles. The van der Waals surface area contributed by atoms with E-state index < -0.39 is 0 Å². The van der Waals surface area contributed by atoms with Crippen LogP contribution in [0.15, 0.2) is 24.3 Å². The minimum Gasteiger partial charge on any atom is -0.508 e. The average molecular weight is 191 g/mol. The molecule has 1 aliphatic heterocycles. The molecule has 2 heteroatoms. The smallest absolute Gasteiger partial charge is 0.115 e. The van der Waals surface area contributed by atoms with Crippen molar-refractivity contribution in [2.24, 2.45) is 0 Å². The van der Waals surface area contributed by atoms with E-state index in [1.165, 1.54) is 24.9 Å². The molecule has 2 rings (SSSR count). The van der Waals surface area contributed by atoms with Crippen LogP contribution < -0.4 is 0 Å². The minimum atomic E-state index is 0.385. The van der Waals surface area contributed by atoms with E-state index in [0.717, 1.165) is 6.54 Å². The summed E-state index contributed by atoms with van der Waals surface area (Å²) in [5.74, 6) is 0.983. The van der Waals surface area contributed by atoms with Crippen LogP contribution in [0.25, 0.3) is 0 Å². The highest BCUT2D eigenvalue weighted by molar-refractivity contribution is 5.30. The third kappa shape index (κ3) is 2.07. The molecule has 0 radical (unpaired) electrons. The Morgan fingerprint density at radius 3 is 3.00 bits per heavy atom. The lowest BCUT2D eigenvalue weighted by Crippen LogP contribution is -2.30. The van der Waals surface area contributed by atoms with Gasteiger partial charge in [-0.3, -0.25) is 0 Å². The van der Waals surface area contributed by atoms with Gasteiger partial charge in [0.05, 0.1) is 0 Å². The van der Waals surface area contributed by atoms with Crippen LogP contribution in [-0.2, 0) is 0 Å². The second-order valence-corrected chi connectivity index (χ2v) is 4.20. The van der Waals surface area contributed by atoms with Crippen LogP contribution in [0, 0.1) is 0 Å². The Hall–Kier alpha value is -1.02. The molecule has 1 N–H and O–H groups in total. The Labute approximate surface area is 85.2 Å². The molecule has 1 aromatic carbocycles. The average Bonchev–Trinajstić information content (AvgIpc) is 2.18. The summed E-state index contributed by atoms with van der Waals surface area (Å²) in [5, 5.41) is 9.40. The molecule has 1 atom stereocenters. The van der Waals surface area contributed by atoms with E-state index in [1.807, 2.05) is 12.1 Å². The molecule has 1 aliphatic rings. The molecular weight excluding hydrogens is 174 g/mol. The fraction of sp³-hybridized carbons (Fsp3) is 0.500. The standard InChI is InChI=1S/C12H17NO/c1-13-7-3-5-11(9-13)10-4-2-6-12(14)8-10/h2,4,6,8,11,14H,3,5,7,9H2,1H3. The zero-order chi connectivity index (χ0) is 9.97. The van der Waals surface area contributed by atoms with Gasteiger partial charge in [-0.05, 0) is 50.0 Å². The molecule has 76 valence electrons. The third-order valence-electron chi connectivity index (χ3n) is 2.97. The van der Waals surface area contributed by atoms with Gasteiger partial charge in [-0.2, -0.15) is 0 Å². The van der Waals surface area contributed by atoms with Crippen molar-refractivity contribution in [2.45, 2.75) is 18.8 Å².